The number of nitrogens with zero attached hydrogens (tertiary/aromatic N) is 2. The van der Waals surface area contributed by atoms with Crippen LogP contribution < -0.4 is 21.6 Å². The third-order valence-corrected chi connectivity index (χ3v) is 8.83. The Morgan fingerprint density at radius 1 is 1.17 bits per heavy atom. The van der Waals surface area contributed by atoms with E-state index in [0.717, 1.165) is 6.20 Å². The van der Waals surface area contributed by atoms with Crippen LogP contribution >= 0.6 is 18.2 Å². The second kappa shape index (κ2) is 14.1. The second-order valence-electron chi connectivity index (χ2n) is 9.86. The molecule has 0 radical (unpaired) electrons. The molecule has 0 bridgehead atoms. The predicted molar refractivity (Wildman–Crippen MR) is 147 cm³/mol. The van der Waals surface area contributed by atoms with Crippen molar-refractivity contribution in [3.05, 3.63) is 21.7 Å². The Balaban J connectivity index is 2.41. The van der Waals surface area contributed by atoms with Crippen LogP contribution in [0.15, 0.2) is 11.0 Å². The Labute approximate surface area is 245 Å². The number of aliphatic hydroxyl groups is 2. The van der Waals surface area contributed by atoms with Crippen LogP contribution in [0.4, 0.5) is 14.6 Å². The number of nitrogen functional groups attached to an aromatic ring is 1. The van der Waals surface area contributed by atoms with E-state index in [9.17, 15) is 33.4 Å². The van der Waals surface area contributed by atoms with Crippen molar-refractivity contribution in [1.29, 1.82) is 0 Å². The van der Waals surface area contributed by atoms with E-state index in [1.165, 1.54) is 13.8 Å². The number of ether oxygens (including phenoxy) is 3. The fourth-order valence-electron chi connectivity index (χ4n) is 3.62. The standard InChI is InChI=1S/C22H35ClF2N5O9PS/c1-9(2)37-18(33)11(5)28-40(41,29-12(6)19(34)38-10(3)4)36-8-22(20(24)25)15(32)14(31)17(39-22)30-7-13(23)16(26)27-21(30)35/h7,9-12,14-15,17,20,31-32H,8H2,1-6H3,(H2,26,27,35)(H2,28,29,41)/t11-,12-,14+,15-,17+,22+/m0/s1. The van der Waals surface area contributed by atoms with Crippen molar-refractivity contribution in [2.24, 2.45) is 0 Å². The van der Waals surface area contributed by atoms with Gasteiger partial charge in [0.05, 0.1) is 23.8 Å². The highest BCUT2D eigenvalue weighted by Crippen LogP contribution is 2.46. The number of hydrogen-bond donors (Lipinski definition) is 5. The lowest BCUT2D eigenvalue weighted by Gasteiger charge is -2.35. The van der Waals surface area contributed by atoms with Crippen LogP contribution in [0.2, 0.25) is 5.02 Å². The zero-order chi connectivity index (χ0) is 31.4. The van der Waals surface area contributed by atoms with Gasteiger partial charge in [-0.2, -0.15) is 4.98 Å². The van der Waals surface area contributed by atoms with Gasteiger partial charge in [-0.05, 0) is 53.3 Å². The van der Waals surface area contributed by atoms with E-state index in [4.69, 9.17) is 47.9 Å². The molecule has 2 heterocycles. The predicted octanol–water partition coefficient (Wildman–Crippen LogP) is 0.834. The molecule has 1 saturated heterocycles. The normalized spacial score (nSPS) is 24.6. The summed E-state index contributed by atoms with van der Waals surface area (Å²) in [5.74, 6) is -1.85. The van der Waals surface area contributed by atoms with Gasteiger partial charge >= 0.3 is 17.6 Å². The number of carbonyl (C=O) groups excluding carboxylic acids is 2. The van der Waals surface area contributed by atoms with E-state index in [0.29, 0.717) is 4.57 Å². The van der Waals surface area contributed by atoms with Gasteiger partial charge in [-0.15, -0.1) is 0 Å². The largest absolute Gasteiger partial charge is 0.462 e. The minimum atomic E-state index is -3.82. The zero-order valence-corrected chi connectivity index (χ0v) is 25.6. The van der Waals surface area contributed by atoms with Gasteiger partial charge in [0.25, 0.3) is 6.43 Å². The lowest BCUT2D eigenvalue weighted by atomic mass is 9.96. The molecule has 14 nitrogen and oxygen atoms in total. The van der Waals surface area contributed by atoms with E-state index < -0.39 is 85.6 Å². The molecule has 1 fully saturated rings. The molecule has 0 amide bonds. The number of nitrogens with two attached hydrogens (primary N) is 1. The molecule has 1 aliphatic heterocycles. The molecule has 0 unspecified atom stereocenters. The smallest absolute Gasteiger partial charge is 0.351 e. The first-order valence-electron chi connectivity index (χ1n) is 12.4. The monoisotopic (exact) mass is 649 g/mol. The first-order chi connectivity index (χ1) is 18.8. The van der Waals surface area contributed by atoms with Crippen LogP contribution in [0.1, 0.15) is 47.8 Å². The van der Waals surface area contributed by atoms with Crippen LogP contribution in [-0.2, 0) is 40.1 Å². The van der Waals surface area contributed by atoms with E-state index in [1.807, 2.05) is 0 Å². The van der Waals surface area contributed by atoms with Crippen LogP contribution in [0.5, 0.6) is 0 Å². The van der Waals surface area contributed by atoms with Gasteiger partial charge in [0.2, 0.25) is 0 Å². The van der Waals surface area contributed by atoms with Crippen LogP contribution in [0.25, 0.3) is 0 Å². The van der Waals surface area contributed by atoms with Gasteiger partial charge in [0.1, 0.15) is 30.1 Å². The molecule has 6 atom stereocenters. The first kappa shape index (κ1) is 35.4. The molecule has 234 valence electrons. The van der Waals surface area contributed by atoms with Gasteiger partial charge in [0, 0.05) is 6.20 Å². The molecule has 41 heavy (non-hydrogen) atoms. The average Bonchev–Trinajstić information content (AvgIpc) is 3.10. The zero-order valence-electron chi connectivity index (χ0n) is 23.1. The highest BCUT2D eigenvalue weighted by molar-refractivity contribution is 8.10. The van der Waals surface area contributed by atoms with Gasteiger partial charge in [-0.25, -0.2) is 23.7 Å². The van der Waals surface area contributed by atoms with Crippen molar-refractivity contribution in [3.63, 3.8) is 0 Å². The number of carbonyl (C=O) groups is 2. The Morgan fingerprint density at radius 3 is 2.10 bits per heavy atom. The molecule has 0 spiro atoms. The van der Waals surface area contributed by atoms with E-state index in [2.05, 4.69) is 15.2 Å². The molecule has 2 rings (SSSR count). The van der Waals surface area contributed by atoms with E-state index in [-0.39, 0.29) is 10.8 Å². The van der Waals surface area contributed by atoms with Gasteiger partial charge in [-0.1, -0.05) is 11.6 Å². The third kappa shape index (κ3) is 8.61. The first-order valence-corrected chi connectivity index (χ1v) is 15.5. The topological polar surface area (TPSA) is 196 Å². The lowest BCUT2D eigenvalue weighted by Crippen LogP contribution is -2.53. The Kier molecular flexibility index (Phi) is 12.2. The molecule has 6 N–H and O–H groups in total. The third-order valence-electron chi connectivity index (χ3n) is 5.64. The van der Waals surface area contributed by atoms with Crippen molar-refractivity contribution < 1.29 is 47.3 Å². The SMILES string of the molecule is CC(C)OC(=O)[C@H](C)NP(=S)(N[C@@H](C)C(=O)OC(C)C)OC[C@@]1(C(F)F)O[C@@H](n2cc(Cl)c(N)nc2=O)[C@H](O)[C@@H]1O. The Morgan fingerprint density at radius 2 is 1.66 bits per heavy atom. The molecule has 1 aromatic heterocycles. The van der Waals surface area contributed by atoms with Crippen LogP contribution in [0.3, 0.4) is 0 Å². The summed E-state index contributed by atoms with van der Waals surface area (Å²) < 4.78 is 51.0. The molecule has 0 saturated carbocycles. The van der Waals surface area contributed by atoms with Crippen molar-refractivity contribution in [1.82, 2.24) is 19.7 Å². The maximum absolute atomic E-state index is 14.6. The van der Waals surface area contributed by atoms with Crippen LogP contribution in [0, 0.1) is 0 Å². The molecule has 0 aromatic carbocycles. The maximum Gasteiger partial charge on any atom is 0.351 e. The summed E-state index contributed by atoms with van der Waals surface area (Å²) in [6.07, 6.45) is -9.83. The molecule has 1 aromatic rings. The number of anilines is 1. The summed E-state index contributed by atoms with van der Waals surface area (Å²) in [5, 5.41) is 26.5. The maximum atomic E-state index is 14.6. The lowest BCUT2D eigenvalue weighted by molar-refractivity contribution is -0.191. The average molecular weight is 650 g/mol. The van der Waals surface area contributed by atoms with Gasteiger partial charge in [0.15, 0.2) is 18.4 Å². The summed E-state index contributed by atoms with van der Waals surface area (Å²) >= 11 is 11.4. The fraction of sp³-hybridized carbons (Fsp3) is 0.727. The summed E-state index contributed by atoms with van der Waals surface area (Å²) in [7, 11) is 0. The minimum Gasteiger partial charge on any atom is -0.462 e. The highest BCUT2D eigenvalue weighted by Gasteiger charge is 2.61. The number of rotatable bonds is 13. The van der Waals surface area contributed by atoms with Crippen molar-refractivity contribution in [2.45, 2.75) is 96.3 Å². The van der Waals surface area contributed by atoms with Crippen molar-refractivity contribution >= 4 is 47.7 Å². The van der Waals surface area contributed by atoms with Crippen molar-refractivity contribution in [2.75, 3.05) is 12.3 Å². The molecular formula is C22H35ClF2N5O9PS. The number of esters is 2. The minimum absolute atomic E-state index is 0.242. The summed E-state index contributed by atoms with van der Waals surface area (Å²) in [6.45, 7) is 4.22. The number of aromatic nitrogens is 2. The second-order valence-corrected chi connectivity index (χ2v) is 13.7. The number of alkyl halides is 2. The summed E-state index contributed by atoms with van der Waals surface area (Å²) in [6, 6.07) is -2.28. The molecule has 19 heteroatoms. The number of halogens is 3. The Hall–Kier alpha value is -1.82. The van der Waals surface area contributed by atoms with Crippen LogP contribution in [-0.4, -0.2) is 86.8 Å². The molecule has 0 aliphatic carbocycles. The van der Waals surface area contributed by atoms with Crippen molar-refractivity contribution in [3.8, 4) is 0 Å². The van der Waals surface area contributed by atoms with E-state index in [1.54, 1.807) is 27.7 Å². The van der Waals surface area contributed by atoms with Gasteiger partial charge < -0.3 is 34.7 Å². The molecular weight excluding hydrogens is 615 g/mol. The van der Waals surface area contributed by atoms with E-state index >= 15 is 0 Å². The summed E-state index contributed by atoms with van der Waals surface area (Å²) in [4.78, 5) is 40.7. The quantitative estimate of drug-likeness (QED) is 0.149. The fourth-order valence-corrected chi connectivity index (χ4v) is 6.71. The summed E-state index contributed by atoms with van der Waals surface area (Å²) in [5.41, 5.74) is 1.45. The number of hydrogen-bond acceptors (Lipinski definition) is 12. The van der Waals surface area contributed by atoms with Gasteiger partial charge in [-0.3, -0.25) is 14.2 Å². The number of nitrogens with one attached hydrogen (secondary N) is 2. The number of aliphatic hydroxyl groups excluding tert-OH is 2. The Bertz CT molecular complexity index is 1180. The molecule has 1 aliphatic rings. The highest BCUT2D eigenvalue weighted by atomic mass is 35.5.